The van der Waals surface area contributed by atoms with Crippen LogP contribution >= 0.6 is 0 Å². The van der Waals surface area contributed by atoms with E-state index in [9.17, 15) is 39.6 Å². The van der Waals surface area contributed by atoms with Gasteiger partial charge in [-0.05, 0) is 44.5 Å². The third-order valence-electron chi connectivity index (χ3n) is 7.70. The van der Waals surface area contributed by atoms with Crippen molar-refractivity contribution < 1.29 is 39.6 Å². The number of ketones is 2. The summed E-state index contributed by atoms with van der Waals surface area (Å²) in [7, 11) is 6.64. The molecule has 11 heteroatoms. The van der Waals surface area contributed by atoms with Crippen LogP contribution in [0.5, 0.6) is 5.75 Å². The average molecular weight is 488 g/mol. The number of rotatable bonds is 4. The molecule has 1 amide bonds. The quantitative estimate of drug-likeness (QED) is 0.261. The summed E-state index contributed by atoms with van der Waals surface area (Å²) in [4.78, 5) is 53.9. The van der Waals surface area contributed by atoms with Gasteiger partial charge in [-0.3, -0.25) is 19.2 Å². The molecule has 0 aliphatic heterocycles. The molecule has 2 saturated carbocycles. The summed E-state index contributed by atoms with van der Waals surface area (Å²) in [6.07, 6.45) is -0.929. The molecule has 0 radical (unpaired) electrons. The van der Waals surface area contributed by atoms with E-state index < -0.39 is 64.5 Å². The zero-order valence-corrected chi connectivity index (χ0v) is 19.8. The van der Waals surface area contributed by atoms with Crippen molar-refractivity contribution in [2.45, 2.75) is 30.6 Å². The highest BCUT2D eigenvalue weighted by Crippen LogP contribution is 2.53. The number of Topliss-reactive ketones (excluding diaryl/α,β-unsaturated/α-hetero) is 2. The van der Waals surface area contributed by atoms with E-state index in [2.05, 4.69) is 0 Å². The zero-order chi connectivity index (χ0) is 26.1. The predicted octanol–water partition coefficient (Wildman–Crippen LogP) is -0.992. The summed E-state index contributed by atoms with van der Waals surface area (Å²) >= 11 is 0. The Labute approximate surface area is 201 Å². The number of amides is 1. The van der Waals surface area contributed by atoms with Crippen molar-refractivity contribution in [3.63, 3.8) is 0 Å². The van der Waals surface area contributed by atoms with Crippen molar-refractivity contribution in [2.24, 2.45) is 23.5 Å². The highest BCUT2D eigenvalue weighted by Gasteiger charge is 2.67. The molecule has 1 aromatic rings. The van der Waals surface area contributed by atoms with Crippen molar-refractivity contribution in [3.05, 3.63) is 28.3 Å². The topological polar surface area (TPSA) is 182 Å². The van der Waals surface area contributed by atoms with Gasteiger partial charge in [0.25, 0.3) is 0 Å². The van der Waals surface area contributed by atoms with E-state index in [1.165, 1.54) is 11.0 Å². The lowest BCUT2D eigenvalue weighted by Gasteiger charge is -2.53. The molecule has 0 bridgehead atoms. The first-order chi connectivity index (χ1) is 16.3. The van der Waals surface area contributed by atoms with E-state index in [1.54, 1.807) is 33.1 Å². The maximum Gasteiger partial charge on any atom is 0.230 e. The first kappa shape index (κ1) is 24.8. The van der Waals surface area contributed by atoms with Crippen LogP contribution in [0.3, 0.4) is 0 Å². The third-order valence-corrected chi connectivity index (χ3v) is 7.70. The predicted molar refractivity (Wildman–Crippen MR) is 124 cm³/mol. The van der Waals surface area contributed by atoms with Crippen LogP contribution in [-0.4, -0.2) is 95.0 Å². The number of carbonyl (C=O) groups is 4. The van der Waals surface area contributed by atoms with Crippen LogP contribution in [0.1, 0.15) is 27.9 Å². The van der Waals surface area contributed by atoms with Crippen LogP contribution < -0.4 is 10.6 Å². The third kappa shape index (κ3) is 3.22. The summed E-state index contributed by atoms with van der Waals surface area (Å²) in [6, 6.07) is 0.525. The minimum Gasteiger partial charge on any atom is -0.507 e. The Kier molecular flexibility index (Phi) is 5.78. The number of fused-ring (bicyclic) bond motifs is 3. The summed E-state index contributed by atoms with van der Waals surface area (Å²) < 4.78 is 0. The number of benzene rings is 1. The van der Waals surface area contributed by atoms with E-state index in [1.807, 2.05) is 0 Å². The standard InChI is InChI=1S/C24H29N3O8/c1-26(2)13-7-10(8-28)18(29)15-11(13)5-9-6-12-17(27(3)4)20(31)16(23(25)34)22(33)24(12,35)21(32)14(9)19(15)30/h7-9,12,16-17,20,29-31,35H,5-6H2,1-4H3,(H2,25,34)/t9-,12-,16?,17?,20?,24-/m0/s1. The molecule has 1 aromatic carbocycles. The number of aldehydes is 1. The van der Waals surface area contributed by atoms with Gasteiger partial charge in [0.2, 0.25) is 11.7 Å². The van der Waals surface area contributed by atoms with Crippen LogP contribution in [0, 0.1) is 17.8 Å². The average Bonchev–Trinajstić information content (AvgIpc) is 2.75. The van der Waals surface area contributed by atoms with Crippen LogP contribution in [-0.2, 0) is 20.8 Å². The molecule has 0 spiro atoms. The van der Waals surface area contributed by atoms with Crippen LogP contribution in [0.2, 0.25) is 0 Å². The number of aliphatic hydroxyl groups is 3. The van der Waals surface area contributed by atoms with Gasteiger partial charge in [0, 0.05) is 37.3 Å². The van der Waals surface area contributed by atoms with Crippen LogP contribution in [0.25, 0.3) is 5.76 Å². The lowest BCUT2D eigenvalue weighted by molar-refractivity contribution is -0.184. The fourth-order valence-electron chi connectivity index (χ4n) is 6.16. The number of nitrogens with zero attached hydrogens (tertiary/aromatic N) is 2. The Bertz CT molecular complexity index is 1190. The normalized spacial score (nSPS) is 32.1. The minimum atomic E-state index is -2.71. The SMILES string of the molecule is CN(C)c1cc(C=O)c(O)c2c1C[C@H]1C[C@H]3C(N(C)C)C(O)C(C(N)=O)C(=O)[C@@]3(O)C(=O)C1=C2O. The molecule has 6 atom stereocenters. The molecule has 3 aliphatic carbocycles. The Morgan fingerprint density at radius 1 is 1.20 bits per heavy atom. The number of nitrogens with two attached hydrogens (primary N) is 1. The maximum atomic E-state index is 13.8. The van der Waals surface area contributed by atoms with Gasteiger partial charge in [0.1, 0.15) is 17.4 Å². The van der Waals surface area contributed by atoms with Gasteiger partial charge in [-0.2, -0.15) is 0 Å². The Morgan fingerprint density at radius 3 is 2.34 bits per heavy atom. The van der Waals surface area contributed by atoms with Crippen molar-refractivity contribution in [1.29, 1.82) is 0 Å². The summed E-state index contributed by atoms with van der Waals surface area (Å²) in [5.74, 6) is -8.20. The number of primary amides is 1. The molecule has 0 aromatic heterocycles. The molecule has 0 heterocycles. The van der Waals surface area contributed by atoms with Crippen molar-refractivity contribution in [3.8, 4) is 5.75 Å². The maximum absolute atomic E-state index is 13.8. The molecular weight excluding hydrogens is 458 g/mol. The monoisotopic (exact) mass is 487 g/mol. The fraction of sp³-hybridized carbons (Fsp3) is 0.500. The number of aromatic hydroxyl groups is 1. The molecule has 0 saturated heterocycles. The highest BCUT2D eigenvalue weighted by molar-refractivity contribution is 6.25. The molecular formula is C24H29N3O8. The Balaban J connectivity index is 1.97. The molecule has 188 valence electrons. The Morgan fingerprint density at radius 2 is 1.83 bits per heavy atom. The van der Waals surface area contributed by atoms with Crippen molar-refractivity contribution in [1.82, 2.24) is 4.90 Å². The van der Waals surface area contributed by atoms with Crippen molar-refractivity contribution in [2.75, 3.05) is 33.1 Å². The number of aliphatic hydroxyl groups excluding tert-OH is 2. The van der Waals surface area contributed by atoms with E-state index in [4.69, 9.17) is 5.73 Å². The van der Waals surface area contributed by atoms with Gasteiger partial charge in [-0.15, -0.1) is 0 Å². The zero-order valence-electron chi connectivity index (χ0n) is 19.8. The number of hydrogen-bond donors (Lipinski definition) is 5. The lowest BCUT2D eigenvalue weighted by Crippen LogP contribution is -2.73. The number of carbonyl (C=O) groups excluding carboxylic acids is 4. The second kappa shape index (κ2) is 8.14. The molecule has 6 N–H and O–H groups in total. The summed E-state index contributed by atoms with van der Waals surface area (Å²) in [6.45, 7) is 0. The summed E-state index contributed by atoms with van der Waals surface area (Å²) in [5.41, 5.74) is 3.23. The van der Waals surface area contributed by atoms with Gasteiger partial charge >= 0.3 is 0 Å². The number of phenolic OH excluding ortho intramolecular Hbond substituents is 1. The van der Waals surface area contributed by atoms with Gasteiger partial charge in [-0.25, -0.2) is 0 Å². The molecule has 3 unspecified atom stereocenters. The molecule has 2 fully saturated rings. The molecule has 35 heavy (non-hydrogen) atoms. The molecule has 11 nitrogen and oxygen atoms in total. The van der Waals surface area contributed by atoms with Crippen molar-refractivity contribution >= 4 is 35.2 Å². The fourth-order valence-corrected chi connectivity index (χ4v) is 6.16. The smallest absolute Gasteiger partial charge is 0.230 e. The highest BCUT2D eigenvalue weighted by atomic mass is 16.3. The number of likely N-dealkylation sites (N-methyl/N-ethyl adjacent to an activating group) is 1. The number of phenols is 1. The summed E-state index contributed by atoms with van der Waals surface area (Å²) in [5, 5.41) is 44.4. The van der Waals surface area contributed by atoms with E-state index >= 15 is 0 Å². The van der Waals surface area contributed by atoms with E-state index in [0.29, 0.717) is 17.5 Å². The first-order valence-electron chi connectivity index (χ1n) is 11.2. The van der Waals surface area contributed by atoms with E-state index in [0.717, 1.165) is 0 Å². The van der Waals surface area contributed by atoms with Crippen LogP contribution in [0.15, 0.2) is 11.6 Å². The van der Waals surface area contributed by atoms with Gasteiger partial charge in [-0.1, -0.05) is 0 Å². The minimum absolute atomic E-state index is 0.0290. The number of anilines is 1. The van der Waals surface area contributed by atoms with Gasteiger partial charge in [0.15, 0.2) is 17.7 Å². The largest absolute Gasteiger partial charge is 0.507 e. The molecule has 3 aliphatic rings. The van der Waals surface area contributed by atoms with Gasteiger partial charge in [0.05, 0.1) is 17.2 Å². The first-order valence-corrected chi connectivity index (χ1v) is 11.2. The van der Waals surface area contributed by atoms with E-state index in [-0.39, 0.29) is 29.5 Å². The Hall–Kier alpha value is -3.28. The number of hydrogen-bond acceptors (Lipinski definition) is 10. The van der Waals surface area contributed by atoms with Gasteiger partial charge < -0.3 is 36.0 Å². The second-order valence-electron chi connectivity index (χ2n) is 9.99. The second-order valence-corrected chi connectivity index (χ2v) is 9.99. The lowest BCUT2D eigenvalue weighted by atomic mass is 9.54. The molecule has 4 rings (SSSR count). The van der Waals surface area contributed by atoms with Crippen LogP contribution in [0.4, 0.5) is 5.69 Å².